The molecule has 0 bridgehead atoms. The molecule has 0 aromatic carbocycles. The van der Waals surface area contributed by atoms with Crippen molar-refractivity contribution in [1.82, 2.24) is 10.6 Å². The number of rotatable bonds is 2. The Morgan fingerprint density at radius 3 is 2.17 bits per heavy atom. The molecule has 0 aliphatic carbocycles. The Labute approximate surface area is 38.9 Å². The maximum Gasteiger partial charge on any atom is 0.0396 e. The van der Waals surface area contributed by atoms with Crippen LogP contribution >= 0.6 is 0 Å². The van der Waals surface area contributed by atoms with E-state index in [2.05, 4.69) is 0 Å². The van der Waals surface area contributed by atoms with Crippen LogP contribution in [0, 0.1) is 6.54 Å². The second-order valence-electron chi connectivity index (χ2n) is 1.35. The van der Waals surface area contributed by atoms with Crippen LogP contribution in [0.5, 0.6) is 0 Å². The second kappa shape index (κ2) is 3.12. The first-order valence-electron chi connectivity index (χ1n) is 1.91. The highest BCUT2D eigenvalue weighted by Crippen LogP contribution is 1.74. The summed E-state index contributed by atoms with van der Waals surface area (Å²) in [5.41, 5.74) is 6.64. The molecule has 0 saturated carbocycles. The summed E-state index contributed by atoms with van der Waals surface area (Å²) < 4.78 is 0. The van der Waals surface area contributed by atoms with E-state index in [1.54, 1.807) is 6.54 Å². The van der Waals surface area contributed by atoms with Gasteiger partial charge in [-0.25, -0.2) is 0 Å². The van der Waals surface area contributed by atoms with Crippen molar-refractivity contribution in [3.63, 3.8) is 0 Å². The molecule has 0 rings (SSSR count). The van der Waals surface area contributed by atoms with Gasteiger partial charge in [0.1, 0.15) is 0 Å². The largest absolute Gasteiger partial charge is 0.304 e. The Kier molecular flexibility index (Phi) is 3.08. The molecule has 36 valence electrons. The van der Waals surface area contributed by atoms with Gasteiger partial charge in [-0.05, 0) is 14.1 Å². The van der Waals surface area contributed by atoms with Gasteiger partial charge in [-0.2, -0.15) is 0 Å². The van der Waals surface area contributed by atoms with Gasteiger partial charge in [0.15, 0.2) is 0 Å². The fourth-order valence-corrected chi connectivity index (χ4v) is 0.183. The lowest BCUT2D eigenvalue weighted by atomic mass is 10.6. The number of nitrogens with zero attached hydrogens (tertiary/aromatic N) is 1. The molecule has 2 heteroatoms. The van der Waals surface area contributed by atoms with Crippen LogP contribution in [0.15, 0.2) is 0 Å². The standard InChI is InChI=1S/C4H10N2/c1-6(2)4-3-5/h4-5H,3H2,1-2H3. The van der Waals surface area contributed by atoms with Crippen molar-refractivity contribution in [2.75, 3.05) is 20.6 Å². The van der Waals surface area contributed by atoms with E-state index in [-0.39, 0.29) is 0 Å². The van der Waals surface area contributed by atoms with E-state index in [4.69, 9.17) is 5.73 Å². The average Bonchev–Trinajstić information content (AvgIpc) is 1.35. The lowest BCUT2D eigenvalue weighted by Gasteiger charge is -2.02. The Bertz CT molecular complexity index is 26.7. The van der Waals surface area contributed by atoms with Gasteiger partial charge in [0.05, 0.1) is 0 Å². The Hall–Kier alpha value is -0.0800. The number of likely N-dealkylation sites (N-methyl/N-ethyl adjacent to an activating group) is 1. The predicted molar refractivity (Wildman–Crippen MR) is 26.0 cm³/mol. The Balaban J connectivity index is 2.63. The quantitative estimate of drug-likeness (QED) is 0.464. The fraction of sp³-hybridized carbons (Fsp3) is 0.750. The van der Waals surface area contributed by atoms with Gasteiger partial charge in [0.25, 0.3) is 0 Å². The third-order valence-electron chi connectivity index (χ3n) is 0.456. The molecule has 0 aliphatic rings. The van der Waals surface area contributed by atoms with Crippen molar-refractivity contribution in [3.8, 4) is 0 Å². The number of hydrogen-bond donors (Lipinski definition) is 0. The van der Waals surface area contributed by atoms with Crippen molar-refractivity contribution in [2.24, 2.45) is 0 Å². The van der Waals surface area contributed by atoms with E-state index in [1.807, 2.05) is 19.0 Å². The fourth-order valence-electron chi connectivity index (χ4n) is 0.183. The number of hydrogen-bond acceptors (Lipinski definition) is 1. The van der Waals surface area contributed by atoms with Crippen LogP contribution in [0.3, 0.4) is 0 Å². The topological polar surface area (TPSA) is 27.0 Å². The summed E-state index contributed by atoms with van der Waals surface area (Å²) in [5.74, 6) is 0. The molecule has 0 saturated heterocycles. The van der Waals surface area contributed by atoms with Crippen molar-refractivity contribution in [2.45, 2.75) is 0 Å². The molecule has 1 N–H and O–H groups in total. The minimum atomic E-state index is 0.382. The first-order chi connectivity index (χ1) is 2.77. The molecule has 6 heavy (non-hydrogen) atoms. The van der Waals surface area contributed by atoms with Crippen LogP contribution in [-0.4, -0.2) is 25.5 Å². The van der Waals surface area contributed by atoms with E-state index in [0.29, 0.717) is 6.54 Å². The summed E-state index contributed by atoms with van der Waals surface area (Å²) in [6.45, 7) is 2.17. The summed E-state index contributed by atoms with van der Waals surface area (Å²) in [6.07, 6.45) is 0. The van der Waals surface area contributed by atoms with Crippen LogP contribution in [-0.2, 0) is 0 Å². The zero-order valence-corrected chi connectivity index (χ0v) is 4.23. The SMILES string of the molecule is CN(C)[CH]C[NH]. The monoisotopic (exact) mass is 86.1 g/mol. The third kappa shape index (κ3) is 3.92. The second-order valence-corrected chi connectivity index (χ2v) is 1.35. The molecule has 0 aromatic heterocycles. The lowest BCUT2D eigenvalue weighted by molar-refractivity contribution is 0.491. The minimum Gasteiger partial charge on any atom is -0.304 e. The zero-order valence-electron chi connectivity index (χ0n) is 4.23. The predicted octanol–water partition coefficient (Wildman–Crippen LogP) is -0.00731. The van der Waals surface area contributed by atoms with Crippen LogP contribution in [0.25, 0.3) is 0 Å². The highest BCUT2D eigenvalue weighted by Gasteiger charge is 1.81. The normalized spacial score (nSPS) is 10.0. The summed E-state index contributed by atoms with van der Waals surface area (Å²) in [6, 6.07) is 0. The van der Waals surface area contributed by atoms with E-state index in [0.717, 1.165) is 0 Å². The molecule has 2 radical (unpaired) electrons. The van der Waals surface area contributed by atoms with E-state index >= 15 is 0 Å². The molecule has 0 fully saturated rings. The van der Waals surface area contributed by atoms with Gasteiger partial charge < -0.3 is 4.90 Å². The Morgan fingerprint density at radius 2 is 2.17 bits per heavy atom. The molecule has 0 aliphatic heterocycles. The van der Waals surface area contributed by atoms with Gasteiger partial charge in [0, 0.05) is 13.1 Å². The van der Waals surface area contributed by atoms with Gasteiger partial charge in [-0.3, -0.25) is 5.73 Å². The highest BCUT2D eigenvalue weighted by atomic mass is 15.1. The molecule has 0 heterocycles. The minimum absolute atomic E-state index is 0.382. The maximum absolute atomic E-state index is 6.64. The molecule has 0 unspecified atom stereocenters. The van der Waals surface area contributed by atoms with Crippen LogP contribution in [0.2, 0.25) is 0 Å². The zero-order chi connectivity index (χ0) is 4.99. The van der Waals surface area contributed by atoms with Crippen LogP contribution < -0.4 is 5.73 Å². The maximum atomic E-state index is 6.64. The summed E-state index contributed by atoms with van der Waals surface area (Å²) in [7, 11) is 3.82. The molecular weight excluding hydrogens is 76.1 g/mol. The molecule has 2 nitrogen and oxygen atoms in total. The molecule has 0 amide bonds. The van der Waals surface area contributed by atoms with Crippen molar-refractivity contribution < 1.29 is 0 Å². The lowest BCUT2D eigenvalue weighted by Crippen LogP contribution is -2.09. The van der Waals surface area contributed by atoms with Gasteiger partial charge in [-0.15, -0.1) is 0 Å². The van der Waals surface area contributed by atoms with Crippen LogP contribution in [0.4, 0.5) is 0 Å². The summed E-state index contributed by atoms with van der Waals surface area (Å²) in [4.78, 5) is 1.87. The van der Waals surface area contributed by atoms with Gasteiger partial charge in [-0.1, -0.05) is 0 Å². The average molecular weight is 86.1 g/mol. The van der Waals surface area contributed by atoms with Gasteiger partial charge >= 0.3 is 0 Å². The summed E-state index contributed by atoms with van der Waals surface area (Å²) in [5, 5.41) is 0. The van der Waals surface area contributed by atoms with E-state index < -0.39 is 0 Å². The van der Waals surface area contributed by atoms with Crippen molar-refractivity contribution in [1.29, 1.82) is 0 Å². The Morgan fingerprint density at radius 1 is 1.67 bits per heavy atom. The molecule has 0 aromatic rings. The highest BCUT2D eigenvalue weighted by molar-refractivity contribution is 4.57. The van der Waals surface area contributed by atoms with Gasteiger partial charge in [0.2, 0.25) is 0 Å². The van der Waals surface area contributed by atoms with E-state index in [1.165, 1.54) is 0 Å². The number of nitrogens with one attached hydrogen (secondary N) is 1. The van der Waals surface area contributed by atoms with Crippen molar-refractivity contribution >= 4 is 0 Å². The van der Waals surface area contributed by atoms with E-state index in [9.17, 15) is 0 Å². The third-order valence-corrected chi connectivity index (χ3v) is 0.456. The smallest absolute Gasteiger partial charge is 0.0396 e. The molecule has 0 spiro atoms. The van der Waals surface area contributed by atoms with Crippen molar-refractivity contribution in [3.05, 3.63) is 6.54 Å². The molecule has 0 atom stereocenters. The summed E-state index contributed by atoms with van der Waals surface area (Å²) >= 11 is 0. The first-order valence-corrected chi connectivity index (χ1v) is 1.91. The first kappa shape index (κ1) is 5.92. The van der Waals surface area contributed by atoms with Crippen LogP contribution in [0.1, 0.15) is 0 Å². The molecular formula is C4H10N2.